The molecule has 0 unspecified atom stereocenters. The Bertz CT molecular complexity index is 936. The van der Waals surface area contributed by atoms with Crippen LogP contribution in [0, 0.1) is 18.6 Å². The Kier molecular flexibility index (Phi) is 5.43. The molecule has 0 aromatic carbocycles. The number of rotatable bonds is 7. The molecule has 0 amide bonds. The summed E-state index contributed by atoms with van der Waals surface area (Å²) in [4.78, 5) is 6.31. The van der Waals surface area contributed by atoms with E-state index in [-0.39, 0.29) is 0 Å². The normalized spacial score (nSPS) is 11.2. The summed E-state index contributed by atoms with van der Waals surface area (Å²) >= 11 is 5.63. The summed E-state index contributed by atoms with van der Waals surface area (Å²) in [7, 11) is 2.02. The third kappa shape index (κ3) is 3.66. The van der Waals surface area contributed by atoms with Crippen molar-refractivity contribution in [3.8, 4) is 11.4 Å². The van der Waals surface area contributed by atoms with Crippen molar-refractivity contribution in [1.82, 2.24) is 29.4 Å². The van der Waals surface area contributed by atoms with Crippen LogP contribution in [0.5, 0.6) is 0 Å². The molecule has 136 valence electrons. The maximum atomic E-state index is 5.63. The molecule has 0 saturated carbocycles. The summed E-state index contributed by atoms with van der Waals surface area (Å²) in [5.74, 6) is 1.62. The fraction of sp³-hybridized carbons (Fsp3) is 0.333. The van der Waals surface area contributed by atoms with E-state index < -0.39 is 0 Å². The zero-order chi connectivity index (χ0) is 18.7. The van der Waals surface area contributed by atoms with E-state index >= 15 is 0 Å². The van der Waals surface area contributed by atoms with E-state index in [1.54, 1.807) is 12.4 Å². The summed E-state index contributed by atoms with van der Waals surface area (Å²) in [6.45, 7) is 9.56. The molecule has 0 N–H and O–H groups in total. The van der Waals surface area contributed by atoms with Crippen LogP contribution < -0.4 is 0 Å². The van der Waals surface area contributed by atoms with E-state index in [0.29, 0.717) is 24.5 Å². The minimum absolute atomic E-state index is 0.556. The van der Waals surface area contributed by atoms with Crippen molar-refractivity contribution in [1.29, 1.82) is 0 Å². The van der Waals surface area contributed by atoms with Crippen LogP contribution in [0.25, 0.3) is 11.4 Å². The molecule has 0 bridgehead atoms. The zero-order valence-electron chi connectivity index (χ0n) is 15.2. The smallest absolute Gasteiger partial charge is 0.199 e. The van der Waals surface area contributed by atoms with Crippen LogP contribution in [0.1, 0.15) is 17.0 Å². The van der Waals surface area contributed by atoms with Crippen molar-refractivity contribution in [3.05, 3.63) is 59.0 Å². The van der Waals surface area contributed by atoms with Crippen LogP contribution in [0.3, 0.4) is 0 Å². The fourth-order valence-electron chi connectivity index (χ4n) is 2.81. The summed E-state index contributed by atoms with van der Waals surface area (Å²) < 4.78 is 9.67. The molecule has 0 spiro atoms. The van der Waals surface area contributed by atoms with E-state index in [2.05, 4.69) is 21.6 Å². The third-order valence-corrected chi connectivity index (χ3v) is 4.57. The van der Waals surface area contributed by atoms with Crippen LogP contribution in [0.15, 0.2) is 41.7 Å². The average Bonchev–Trinajstić information content (AvgIpc) is 3.11. The molecule has 0 aliphatic carbocycles. The second-order valence-corrected chi connectivity index (χ2v) is 6.57. The average molecular weight is 370 g/mol. The van der Waals surface area contributed by atoms with Crippen LogP contribution in [0.2, 0.25) is 0 Å². The van der Waals surface area contributed by atoms with Crippen molar-refractivity contribution in [3.63, 3.8) is 0 Å². The maximum Gasteiger partial charge on any atom is 0.199 e. The Hall–Kier alpha value is -2.58. The number of allylic oxidation sites excluding steroid dienone is 1. The number of hydrogen-bond donors (Lipinski definition) is 0. The molecule has 7 nitrogen and oxygen atoms in total. The predicted octanol–water partition coefficient (Wildman–Crippen LogP) is 3.36. The molecule has 0 atom stereocenters. The van der Waals surface area contributed by atoms with Gasteiger partial charge in [0, 0.05) is 36.6 Å². The second kappa shape index (κ2) is 7.76. The van der Waals surface area contributed by atoms with E-state index in [1.165, 1.54) is 0 Å². The number of hydrogen-bond acceptors (Lipinski definition) is 6. The molecule has 8 heteroatoms. The quantitative estimate of drug-likeness (QED) is 0.469. The lowest BCUT2D eigenvalue weighted by atomic mass is 10.2. The number of pyridine rings is 1. The van der Waals surface area contributed by atoms with Gasteiger partial charge in [0.25, 0.3) is 0 Å². The second-order valence-electron chi connectivity index (χ2n) is 6.21. The van der Waals surface area contributed by atoms with Crippen LogP contribution >= 0.6 is 12.2 Å². The van der Waals surface area contributed by atoms with Gasteiger partial charge in [-0.05, 0) is 45.2 Å². The minimum Gasteiger partial charge on any atom is -0.361 e. The lowest BCUT2D eigenvalue weighted by molar-refractivity contribution is 0.242. The Labute approximate surface area is 157 Å². The van der Waals surface area contributed by atoms with Crippen molar-refractivity contribution < 1.29 is 4.52 Å². The summed E-state index contributed by atoms with van der Waals surface area (Å²) in [5.41, 5.74) is 2.93. The van der Waals surface area contributed by atoms with Gasteiger partial charge in [0.2, 0.25) is 0 Å². The van der Waals surface area contributed by atoms with Gasteiger partial charge in [-0.15, -0.1) is 6.58 Å². The van der Waals surface area contributed by atoms with E-state index in [4.69, 9.17) is 21.8 Å². The van der Waals surface area contributed by atoms with Gasteiger partial charge in [0.05, 0.1) is 12.4 Å². The Balaban J connectivity index is 1.88. The maximum absolute atomic E-state index is 5.63. The van der Waals surface area contributed by atoms with Crippen molar-refractivity contribution in [2.45, 2.75) is 33.6 Å². The molecule has 0 aliphatic rings. The van der Waals surface area contributed by atoms with Gasteiger partial charge >= 0.3 is 0 Å². The van der Waals surface area contributed by atoms with Gasteiger partial charge in [-0.3, -0.25) is 14.5 Å². The van der Waals surface area contributed by atoms with Gasteiger partial charge < -0.3 is 4.52 Å². The highest BCUT2D eigenvalue weighted by Gasteiger charge is 2.15. The fourth-order valence-corrected chi connectivity index (χ4v) is 3.07. The van der Waals surface area contributed by atoms with Crippen molar-refractivity contribution >= 4 is 12.2 Å². The minimum atomic E-state index is 0.556. The highest BCUT2D eigenvalue weighted by Crippen LogP contribution is 2.18. The van der Waals surface area contributed by atoms with Crippen molar-refractivity contribution in [2.75, 3.05) is 7.05 Å². The molecular weight excluding hydrogens is 348 g/mol. The molecule has 0 aliphatic heterocycles. The summed E-state index contributed by atoms with van der Waals surface area (Å²) in [5, 5.41) is 8.73. The predicted molar refractivity (Wildman–Crippen MR) is 102 cm³/mol. The van der Waals surface area contributed by atoms with Gasteiger partial charge in [0.15, 0.2) is 10.6 Å². The van der Waals surface area contributed by atoms with Gasteiger partial charge in [0.1, 0.15) is 5.76 Å². The molecule has 3 aromatic rings. The monoisotopic (exact) mass is 370 g/mol. The first kappa shape index (κ1) is 18.2. The Morgan fingerprint density at radius 2 is 2.19 bits per heavy atom. The van der Waals surface area contributed by atoms with Gasteiger partial charge in [-0.1, -0.05) is 11.2 Å². The number of aryl methyl sites for hydroxylation is 2. The Morgan fingerprint density at radius 1 is 1.38 bits per heavy atom. The standard InChI is InChI=1S/C18H22N6OS/c1-5-9-23-17(15-7-6-8-19-10-15)20-24(18(23)26)12-22(4)11-16-13(2)21-25-14(16)3/h5-8,10H,1,9,11-12H2,2-4H3. The van der Waals surface area contributed by atoms with Crippen LogP contribution in [0.4, 0.5) is 0 Å². The van der Waals surface area contributed by atoms with Gasteiger partial charge in [-0.25, -0.2) is 4.68 Å². The lowest BCUT2D eigenvalue weighted by Gasteiger charge is -2.16. The summed E-state index contributed by atoms with van der Waals surface area (Å²) in [6, 6.07) is 3.86. The first-order valence-corrected chi connectivity index (χ1v) is 8.71. The lowest BCUT2D eigenvalue weighted by Crippen LogP contribution is -2.23. The van der Waals surface area contributed by atoms with Crippen molar-refractivity contribution in [2.24, 2.45) is 0 Å². The summed E-state index contributed by atoms with van der Waals surface area (Å²) in [6.07, 6.45) is 5.34. The highest BCUT2D eigenvalue weighted by atomic mass is 32.1. The van der Waals surface area contributed by atoms with E-state index in [1.807, 2.05) is 48.4 Å². The highest BCUT2D eigenvalue weighted by molar-refractivity contribution is 7.71. The van der Waals surface area contributed by atoms with E-state index in [9.17, 15) is 0 Å². The number of aromatic nitrogens is 5. The molecule has 3 aromatic heterocycles. The third-order valence-electron chi connectivity index (χ3n) is 4.14. The largest absolute Gasteiger partial charge is 0.361 e. The molecule has 0 fully saturated rings. The van der Waals surface area contributed by atoms with Crippen LogP contribution in [-0.2, 0) is 19.8 Å². The molecule has 26 heavy (non-hydrogen) atoms. The van der Waals surface area contributed by atoms with E-state index in [0.717, 1.165) is 28.4 Å². The van der Waals surface area contributed by atoms with Gasteiger partial charge in [-0.2, -0.15) is 5.10 Å². The molecule has 3 heterocycles. The molecule has 0 saturated heterocycles. The molecule has 3 rings (SSSR count). The number of nitrogens with zero attached hydrogens (tertiary/aromatic N) is 6. The Morgan fingerprint density at radius 3 is 2.81 bits per heavy atom. The molecule has 0 radical (unpaired) electrons. The topological polar surface area (TPSA) is 64.9 Å². The first-order chi connectivity index (χ1) is 12.5. The zero-order valence-corrected chi connectivity index (χ0v) is 16.0. The van der Waals surface area contributed by atoms with Crippen LogP contribution in [-0.4, -0.2) is 36.4 Å². The first-order valence-electron chi connectivity index (χ1n) is 8.30. The molecular formula is C18H22N6OS. The SMILES string of the molecule is C=CCn1c(-c2cccnc2)nn(CN(C)Cc2c(C)noc2C)c1=S.